The summed E-state index contributed by atoms with van der Waals surface area (Å²) in [5.74, 6) is -1.68. The maximum absolute atomic E-state index is 12.0. The molecular weight excluding hydrogens is 234 g/mol. The van der Waals surface area contributed by atoms with Gasteiger partial charge in [0.05, 0.1) is 24.2 Å². The van der Waals surface area contributed by atoms with Crippen LogP contribution >= 0.6 is 0 Å². The number of nitrogens with zero attached hydrogens (tertiary/aromatic N) is 1. The molecule has 1 aliphatic heterocycles. The molecule has 0 N–H and O–H groups in total. The van der Waals surface area contributed by atoms with Crippen LogP contribution in [0.5, 0.6) is 0 Å². The highest BCUT2D eigenvalue weighted by Gasteiger charge is 2.36. The Morgan fingerprint density at radius 3 is 2.17 bits per heavy atom. The summed E-state index contributed by atoms with van der Waals surface area (Å²) in [5.41, 5.74) is 0.777. The largest absolute Gasteiger partial charge is 0.469 e. The van der Waals surface area contributed by atoms with Crippen molar-refractivity contribution in [3.05, 3.63) is 35.4 Å². The Bertz CT molecular complexity index is 488. The third kappa shape index (κ3) is 1.88. The molecule has 0 aliphatic carbocycles. The highest BCUT2D eigenvalue weighted by atomic mass is 16.5. The van der Waals surface area contributed by atoms with E-state index >= 15 is 0 Å². The van der Waals surface area contributed by atoms with E-state index in [0.717, 1.165) is 4.90 Å². The first-order chi connectivity index (χ1) is 8.56. The number of benzene rings is 1. The zero-order chi connectivity index (χ0) is 13.3. The van der Waals surface area contributed by atoms with Gasteiger partial charge in [-0.25, -0.2) is 0 Å². The van der Waals surface area contributed by atoms with Crippen LogP contribution in [0.4, 0.5) is 0 Å². The van der Waals surface area contributed by atoms with Crippen LogP contribution in [0, 0.1) is 5.92 Å². The number of ether oxygens (including phenoxy) is 1. The maximum Gasteiger partial charge on any atom is 0.310 e. The van der Waals surface area contributed by atoms with Crippen molar-refractivity contribution in [1.29, 1.82) is 0 Å². The number of methoxy groups -OCH3 is 1. The van der Waals surface area contributed by atoms with Crippen LogP contribution in [-0.2, 0) is 9.53 Å². The monoisotopic (exact) mass is 247 g/mol. The molecule has 1 heterocycles. The van der Waals surface area contributed by atoms with Crippen LogP contribution in [0.15, 0.2) is 24.3 Å². The smallest absolute Gasteiger partial charge is 0.310 e. The highest BCUT2D eigenvalue weighted by Crippen LogP contribution is 2.23. The molecule has 0 spiro atoms. The van der Waals surface area contributed by atoms with Crippen LogP contribution in [0.25, 0.3) is 0 Å². The van der Waals surface area contributed by atoms with Crippen LogP contribution in [0.3, 0.4) is 0 Å². The minimum Gasteiger partial charge on any atom is -0.469 e. The molecule has 18 heavy (non-hydrogen) atoms. The van der Waals surface area contributed by atoms with Crippen molar-refractivity contribution in [3.8, 4) is 0 Å². The molecule has 0 saturated carbocycles. The van der Waals surface area contributed by atoms with Gasteiger partial charge in [-0.15, -0.1) is 0 Å². The third-order valence-electron chi connectivity index (χ3n) is 2.94. The minimum atomic E-state index is -0.530. The van der Waals surface area contributed by atoms with E-state index < -0.39 is 11.9 Å². The minimum absolute atomic E-state index is 0.0407. The summed E-state index contributed by atoms with van der Waals surface area (Å²) in [7, 11) is 1.28. The summed E-state index contributed by atoms with van der Waals surface area (Å²) in [6.07, 6.45) is 0. The fraction of sp³-hybridized carbons (Fsp3) is 0.308. The molecule has 1 aromatic rings. The van der Waals surface area contributed by atoms with Gasteiger partial charge in [-0.3, -0.25) is 19.3 Å². The first kappa shape index (κ1) is 12.3. The Labute approximate surface area is 104 Å². The summed E-state index contributed by atoms with van der Waals surface area (Å²) in [4.78, 5) is 36.4. The van der Waals surface area contributed by atoms with Gasteiger partial charge in [-0.1, -0.05) is 19.1 Å². The fourth-order valence-corrected chi connectivity index (χ4v) is 1.95. The van der Waals surface area contributed by atoms with Gasteiger partial charge in [0.1, 0.15) is 0 Å². The van der Waals surface area contributed by atoms with Crippen molar-refractivity contribution in [3.63, 3.8) is 0 Å². The van der Waals surface area contributed by atoms with Gasteiger partial charge < -0.3 is 4.74 Å². The summed E-state index contributed by atoms with van der Waals surface area (Å²) in [6, 6.07) is 6.63. The average molecular weight is 247 g/mol. The zero-order valence-electron chi connectivity index (χ0n) is 10.2. The molecule has 94 valence electrons. The standard InChI is InChI=1S/C13H13NO4/c1-8(13(17)18-2)7-14-11(15)9-5-3-4-6-10(9)12(14)16/h3-6,8H,7H2,1-2H3. The van der Waals surface area contributed by atoms with Gasteiger partial charge in [-0.05, 0) is 12.1 Å². The van der Waals surface area contributed by atoms with Crippen molar-refractivity contribution in [2.24, 2.45) is 5.92 Å². The molecule has 0 aromatic heterocycles. The molecule has 1 aliphatic rings. The Hall–Kier alpha value is -2.17. The third-order valence-corrected chi connectivity index (χ3v) is 2.94. The lowest BCUT2D eigenvalue weighted by Gasteiger charge is -2.17. The average Bonchev–Trinajstić information content (AvgIpc) is 2.63. The Morgan fingerprint density at radius 1 is 1.22 bits per heavy atom. The second kappa shape index (κ2) is 4.60. The lowest BCUT2D eigenvalue weighted by Crippen LogP contribution is -2.36. The van der Waals surface area contributed by atoms with Crippen molar-refractivity contribution in [2.75, 3.05) is 13.7 Å². The van der Waals surface area contributed by atoms with Gasteiger partial charge in [0.25, 0.3) is 11.8 Å². The number of hydrogen-bond donors (Lipinski definition) is 0. The quantitative estimate of drug-likeness (QED) is 0.592. The number of carbonyl (C=O) groups is 3. The van der Waals surface area contributed by atoms with E-state index in [4.69, 9.17) is 0 Å². The van der Waals surface area contributed by atoms with Gasteiger partial charge in [0.2, 0.25) is 0 Å². The Balaban J connectivity index is 2.21. The number of amides is 2. The molecule has 1 atom stereocenters. The molecule has 2 amide bonds. The van der Waals surface area contributed by atoms with Gasteiger partial charge in [0.15, 0.2) is 0 Å². The molecule has 2 rings (SSSR count). The lowest BCUT2D eigenvalue weighted by molar-refractivity contribution is -0.144. The SMILES string of the molecule is COC(=O)C(C)CN1C(=O)c2ccccc2C1=O. The first-order valence-electron chi connectivity index (χ1n) is 5.59. The summed E-state index contributed by atoms with van der Waals surface area (Å²) < 4.78 is 4.58. The summed E-state index contributed by atoms with van der Waals surface area (Å²) >= 11 is 0. The van der Waals surface area contributed by atoms with E-state index in [1.54, 1.807) is 31.2 Å². The van der Waals surface area contributed by atoms with E-state index in [9.17, 15) is 14.4 Å². The van der Waals surface area contributed by atoms with E-state index in [0.29, 0.717) is 11.1 Å². The summed E-state index contributed by atoms with van der Waals surface area (Å²) in [6.45, 7) is 1.66. The van der Waals surface area contributed by atoms with E-state index in [-0.39, 0.29) is 18.4 Å². The maximum atomic E-state index is 12.0. The van der Waals surface area contributed by atoms with Crippen molar-refractivity contribution < 1.29 is 19.1 Å². The molecule has 5 nitrogen and oxygen atoms in total. The Morgan fingerprint density at radius 2 is 1.72 bits per heavy atom. The number of carbonyl (C=O) groups excluding carboxylic acids is 3. The van der Waals surface area contributed by atoms with Crippen LogP contribution in [-0.4, -0.2) is 36.3 Å². The molecule has 5 heteroatoms. The first-order valence-corrected chi connectivity index (χ1v) is 5.59. The van der Waals surface area contributed by atoms with E-state index in [1.165, 1.54) is 7.11 Å². The molecule has 1 aromatic carbocycles. The molecule has 0 fully saturated rings. The lowest BCUT2D eigenvalue weighted by atomic mass is 10.1. The number of hydrogen-bond acceptors (Lipinski definition) is 4. The highest BCUT2D eigenvalue weighted by molar-refractivity contribution is 6.21. The number of esters is 1. The van der Waals surface area contributed by atoms with Crippen LogP contribution < -0.4 is 0 Å². The van der Waals surface area contributed by atoms with Gasteiger partial charge >= 0.3 is 5.97 Å². The van der Waals surface area contributed by atoms with Gasteiger partial charge in [-0.2, -0.15) is 0 Å². The van der Waals surface area contributed by atoms with Crippen molar-refractivity contribution in [2.45, 2.75) is 6.92 Å². The van der Waals surface area contributed by atoms with E-state index in [1.807, 2.05) is 0 Å². The molecule has 0 saturated heterocycles. The predicted octanol–water partition coefficient (Wildman–Crippen LogP) is 1.09. The van der Waals surface area contributed by atoms with Crippen molar-refractivity contribution in [1.82, 2.24) is 4.90 Å². The number of rotatable bonds is 3. The molecule has 1 unspecified atom stereocenters. The van der Waals surface area contributed by atoms with Crippen molar-refractivity contribution >= 4 is 17.8 Å². The van der Waals surface area contributed by atoms with Gasteiger partial charge in [0, 0.05) is 6.54 Å². The summed E-state index contributed by atoms with van der Waals surface area (Å²) in [5, 5.41) is 0. The topological polar surface area (TPSA) is 63.7 Å². The predicted molar refractivity (Wildman–Crippen MR) is 63.0 cm³/mol. The molecule has 0 bridgehead atoms. The zero-order valence-corrected chi connectivity index (χ0v) is 10.2. The second-order valence-electron chi connectivity index (χ2n) is 4.19. The number of fused-ring (bicyclic) bond motifs is 1. The second-order valence-corrected chi connectivity index (χ2v) is 4.19. The Kier molecular flexibility index (Phi) is 3.14. The molecular formula is C13H13NO4. The number of imide groups is 1. The van der Waals surface area contributed by atoms with Crippen LogP contribution in [0.1, 0.15) is 27.6 Å². The van der Waals surface area contributed by atoms with Crippen LogP contribution in [0.2, 0.25) is 0 Å². The fourth-order valence-electron chi connectivity index (χ4n) is 1.95. The van der Waals surface area contributed by atoms with E-state index in [2.05, 4.69) is 4.74 Å². The normalized spacial score (nSPS) is 15.6. The molecule has 0 radical (unpaired) electrons.